The van der Waals surface area contributed by atoms with Crippen molar-refractivity contribution in [2.75, 3.05) is 36.0 Å². The summed E-state index contributed by atoms with van der Waals surface area (Å²) < 4.78 is 0. The maximum Gasteiger partial charge on any atom is 0.253 e. The summed E-state index contributed by atoms with van der Waals surface area (Å²) in [4.78, 5) is 44.5. The first-order valence-electron chi connectivity index (χ1n) is 12.4. The van der Waals surface area contributed by atoms with Crippen molar-refractivity contribution in [2.45, 2.75) is 46.5 Å². The molecule has 2 aromatic carbocycles. The van der Waals surface area contributed by atoms with E-state index in [0.717, 1.165) is 38.8 Å². The van der Waals surface area contributed by atoms with Gasteiger partial charge in [0.2, 0.25) is 11.8 Å². The average molecular weight is 460 g/mol. The van der Waals surface area contributed by atoms with Gasteiger partial charge in [-0.05, 0) is 69.0 Å². The molecule has 6 nitrogen and oxygen atoms in total. The van der Waals surface area contributed by atoms with Crippen LogP contribution in [0, 0.1) is 32.6 Å². The minimum Gasteiger partial charge on any atom is -0.368 e. The van der Waals surface area contributed by atoms with E-state index in [4.69, 9.17) is 0 Å². The molecule has 2 aromatic rings. The molecule has 2 aliphatic heterocycles. The third-order valence-corrected chi connectivity index (χ3v) is 7.73. The standard InChI is InChI=1S/C28H33N3O3/c1-18-16-19(2)25(20(3)17-18)29-12-14-30(15-13-29)26(32)21-8-10-22(11-9-21)31-27(33)23-6-4-5-7-24(23)28(31)34/h8-11,16-17,23-24H,4-7,12-15H2,1-3H3. The van der Waals surface area contributed by atoms with Crippen LogP contribution in [0.15, 0.2) is 36.4 Å². The molecule has 1 aliphatic carbocycles. The van der Waals surface area contributed by atoms with Gasteiger partial charge in [-0.3, -0.25) is 19.3 Å². The minimum atomic E-state index is -0.167. The van der Waals surface area contributed by atoms with Crippen LogP contribution in [0.2, 0.25) is 0 Å². The number of nitrogens with zero attached hydrogens (tertiary/aromatic N) is 3. The van der Waals surface area contributed by atoms with E-state index in [-0.39, 0.29) is 29.6 Å². The fourth-order valence-corrected chi connectivity index (χ4v) is 6.16. The van der Waals surface area contributed by atoms with E-state index >= 15 is 0 Å². The number of rotatable bonds is 3. The molecule has 0 radical (unpaired) electrons. The Balaban J connectivity index is 1.25. The Kier molecular flexibility index (Phi) is 5.92. The predicted octanol–water partition coefficient (Wildman–Crippen LogP) is 4.25. The molecule has 3 fully saturated rings. The Labute approximate surface area is 201 Å². The Morgan fingerprint density at radius 1 is 0.794 bits per heavy atom. The highest BCUT2D eigenvalue weighted by atomic mass is 16.2. The van der Waals surface area contributed by atoms with Crippen molar-refractivity contribution in [2.24, 2.45) is 11.8 Å². The number of hydrogen-bond donors (Lipinski definition) is 0. The van der Waals surface area contributed by atoms with Crippen molar-refractivity contribution >= 4 is 29.1 Å². The highest BCUT2D eigenvalue weighted by Gasteiger charge is 2.48. The van der Waals surface area contributed by atoms with Crippen molar-refractivity contribution in [1.29, 1.82) is 0 Å². The zero-order valence-electron chi connectivity index (χ0n) is 20.3. The number of imide groups is 1. The van der Waals surface area contributed by atoms with Gasteiger partial charge in [-0.25, -0.2) is 0 Å². The lowest BCUT2D eigenvalue weighted by Gasteiger charge is -2.37. The summed E-state index contributed by atoms with van der Waals surface area (Å²) in [6.07, 6.45) is 3.63. The number of aryl methyl sites for hydroxylation is 3. The topological polar surface area (TPSA) is 60.9 Å². The van der Waals surface area contributed by atoms with Gasteiger partial charge >= 0.3 is 0 Å². The average Bonchev–Trinajstić information content (AvgIpc) is 3.09. The maximum absolute atomic E-state index is 13.1. The monoisotopic (exact) mass is 459 g/mol. The van der Waals surface area contributed by atoms with Crippen molar-refractivity contribution in [3.05, 3.63) is 58.7 Å². The Hall–Kier alpha value is -3.15. The number of carbonyl (C=O) groups is 3. The van der Waals surface area contributed by atoms with Gasteiger partial charge in [-0.15, -0.1) is 0 Å². The molecule has 6 heteroatoms. The third-order valence-electron chi connectivity index (χ3n) is 7.73. The van der Waals surface area contributed by atoms with Crippen LogP contribution in [0.3, 0.4) is 0 Å². The lowest BCUT2D eigenvalue weighted by molar-refractivity contribution is -0.122. The lowest BCUT2D eigenvalue weighted by Crippen LogP contribution is -2.49. The van der Waals surface area contributed by atoms with Crippen LogP contribution in [-0.4, -0.2) is 48.8 Å². The van der Waals surface area contributed by atoms with Crippen molar-refractivity contribution in [3.8, 4) is 0 Å². The van der Waals surface area contributed by atoms with E-state index in [9.17, 15) is 14.4 Å². The van der Waals surface area contributed by atoms with Crippen LogP contribution >= 0.6 is 0 Å². The van der Waals surface area contributed by atoms with Crippen LogP contribution < -0.4 is 9.80 Å². The number of fused-ring (bicyclic) bond motifs is 1. The second kappa shape index (κ2) is 8.90. The van der Waals surface area contributed by atoms with Crippen LogP contribution in [-0.2, 0) is 9.59 Å². The fourth-order valence-electron chi connectivity index (χ4n) is 6.16. The SMILES string of the molecule is Cc1cc(C)c(N2CCN(C(=O)c3ccc(N4C(=O)C5CCCCC5C4=O)cc3)CC2)c(C)c1. The molecule has 0 spiro atoms. The van der Waals surface area contributed by atoms with Crippen LogP contribution in [0.25, 0.3) is 0 Å². The number of hydrogen-bond acceptors (Lipinski definition) is 4. The smallest absolute Gasteiger partial charge is 0.253 e. The van der Waals surface area contributed by atoms with Gasteiger partial charge in [0.1, 0.15) is 0 Å². The van der Waals surface area contributed by atoms with Gasteiger partial charge in [0.15, 0.2) is 0 Å². The van der Waals surface area contributed by atoms with Gasteiger partial charge in [0.05, 0.1) is 17.5 Å². The normalized spacial score (nSPS) is 22.9. The third kappa shape index (κ3) is 3.89. The molecule has 2 atom stereocenters. The second-order valence-corrected chi connectivity index (χ2v) is 10.1. The van der Waals surface area contributed by atoms with Crippen LogP contribution in [0.1, 0.15) is 52.7 Å². The van der Waals surface area contributed by atoms with E-state index in [1.54, 1.807) is 24.3 Å². The largest absolute Gasteiger partial charge is 0.368 e. The predicted molar refractivity (Wildman–Crippen MR) is 133 cm³/mol. The van der Waals surface area contributed by atoms with Gasteiger partial charge in [0, 0.05) is 37.4 Å². The highest BCUT2D eigenvalue weighted by molar-refractivity contribution is 6.22. The number of amides is 3. The van der Waals surface area contributed by atoms with Crippen molar-refractivity contribution in [1.82, 2.24) is 4.90 Å². The second-order valence-electron chi connectivity index (χ2n) is 10.1. The molecule has 2 saturated heterocycles. The van der Waals surface area contributed by atoms with E-state index < -0.39 is 0 Å². The molecule has 34 heavy (non-hydrogen) atoms. The van der Waals surface area contributed by atoms with Crippen molar-refractivity contribution < 1.29 is 14.4 Å². The van der Waals surface area contributed by atoms with Crippen molar-refractivity contribution in [3.63, 3.8) is 0 Å². The molecule has 0 bridgehead atoms. The zero-order chi connectivity index (χ0) is 24.0. The van der Waals surface area contributed by atoms with Gasteiger partial charge < -0.3 is 9.80 Å². The summed E-state index contributed by atoms with van der Waals surface area (Å²) in [5, 5.41) is 0. The summed E-state index contributed by atoms with van der Waals surface area (Å²) in [6, 6.07) is 11.4. The molecular weight excluding hydrogens is 426 g/mol. The molecule has 3 aliphatic rings. The summed E-state index contributed by atoms with van der Waals surface area (Å²) in [6.45, 7) is 9.36. The first-order valence-corrected chi connectivity index (χ1v) is 12.4. The molecule has 1 saturated carbocycles. The number of carbonyl (C=O) groups excluding carboxylic acids is 3. The zero-order valence-corrected chi connectivity index (χ0v) is 20.3. The summed E-state index contributed by atoms with van der Waals surface area (Å²) in [7, 11) is 0. The van der Waals surface area contributed by atoms with E-state index in [1.165, 1.54) is 27.3 Å². The maximum atomic E-state index is 13.1. The van der Waals surface area contributed by atoms with Gasteiger partial charge in [-0.2, -0.15) is 0 Å². The van der Waals surface area contributed by atoms with Crippen LogP contribution in [0.4, 0.5) is 11.4 Å². The summed E-state index contributed by atoms with van der Waals surface area (Å²) >= 11 is 0. The number of benzene rings is 2. The number of piperazine rings is 1. The molecule has 178 valence electrons. The molecule has 3 amide bonds. The quantitative estimate of drug-likeness (QED) is 0.644. The lowest BCUT2D eigenvalue weighted by atomic mass is 9.81. The molecule has 0 N–H and O–H groups in total. The van der Waals surface area contributed by atoms with Gasteiger partial charge in [-0.1, -0.05) is 30.5 Å². The first-order chi connectivity index (χ1) is 16.3. The summed E-state index contributed by atoms with van der Waals surface area (Å²) in [5.74, 6) is -0.492. The molecule has 0 aromatic heterocycles. The Morgan fingerprint density at radius 2 is 1.32 bits per heavy atom. The van der Waals surface area contributed by atoms with Gasteiger partial charge in [0.25, 0.3) is 5.91 Å². The van der Waals surface area contributed by atoms with E-state index in [1.807, 2.05) is 4.90 Å². The first kappa shape index (κ1) is 22.6. The van der Waals surface area contributed by atoms with Crippen LogP contribution in [0.5, 0.6) is 0 Å². The molecule has 2 unspecified atom stereocenters. The Bertz CT molecular complexity index is 1090. The fraction of sp³-hybridized carbons (Fsp3) is 0.464. The number of anilines is 2. The Morgan fingerprint density at radius 3 is 1.85 bits per heavy atom. The minimum absolute atomic E-state index is 0.00343. The molecule has 2 heterocycles. The molecule has 5 rings (SSSR count). The molecular formula is C28H33N3O3. The van der Waals surface area contributed by atoms with E-state index in [2.05, 4.69) is 37.8 Å². The summed E-state index contributed by atoms with van der Waals surface area (Å²) in [5.41, 5.74) is 6.28. The van der Waals surface area contributed by atoms with E-state index in [0.29, 0.717) is 24.3 Å². The highest BCUT2D eigenvalue weighted by Crippen LogP contribution is 2.40.